The number of halogens is 1. The molecule has 0 unspecified atom stereocenters. The topological polar surface area (TPSA) is 49.3 Å². The first-order chi connectivity index (χ1) is 9.51. The smallest absolute Gasteiger partial charge is 0.255 e. The van der Waals surface area contributed by atoms with Crippen molar-refractivity contribution in [1.29, 1.82) is 0 Å². The molecule has 0 bridgehead atoms. The van der Waals surface area contributed by atoms with Gasteiger partial charge in [0.15, 0.2) is 0 Å². The highest BCUT2D eigenvalue weighted by Crippen LogP contribution is 2.19. The van der Waals surface area contributed by atoms with E-state index in [-0.39, 0.29) is 18.3 Å². The van der Waals surface area contributed by atoms with Crippen molar-refractivity contribution >= 4 is 11.6 Å². The molecule has 0 fully saturated rings. The van der Waals surface area contributed by atoms with Crippen LogP contribution in [0.2, 0.25) is 0 Å². The third-order valence-electron chi connectivity index (χ3n) is 3.17. The Bertz CT molecular complexity index is 653. The number of aliphatic hydroxyl groups is 1. The number of aryl methyl sites for hydroxylation is 2. The van der Waals surface area contributed by atoms with Crippen LogP contribution in [0.5, 0.6) is 0 Å². The molecule has 0 saturated heterocycles. The number of nitrogens with one attached hydrogen (secondary N) is 1. The van der Waals surface area contributed by atoms with Gasteiger partial charge in [-0.3, -0.25) is 4.79 Å². The molecule has 104 valence electrons. The van der Waals surface area contributed by atoms with Crippen molar-refractivity contribution in [3.63, 3.8) is 0 Å². The van der Waals surface area contributed by atoms with Crippen molar-refractivity contribution in [3.8, 4) is 0 Å². The van der Waals surface area contributed by atoms with Crippen molar-refractivity contribution in [2.75, 3.05) is 5.32 Å². The predicted octanol–water partition coefficient (Wildman–Crippen LogP) is 3.19. The number of hydrogen-bond acceptors (Lipinski definition) is 2. The minimum Gasteiger partial charge on any atom is -0.392 e. The van der Waals surface area contributed by atoms with E-state index < -0.39 is 0 Å². The van der Waals surface area contributed by atoms with Gasteiger partial charge < -0.3 is 10.4 Å². The zero-order valence-corrected chi connectivity index (χ0v) is 11.4. The number of anilines is 1. The largest absolute Gasteiger partial charge is 0.392 e. The predicted molar refractivity (Wildman–Crippen MR) is 76.2 cm³/mol. The van der Waals surface area contributed by atoms with Crippen molar-refractivity contribution < 1.29 is 14.3 Å². The van der Waals surface area contributed by atoms with Gasteiger partial charge in [-0.1, -0.05) is 12.1 Å². The lowest BCUT2D eigenvalue weighted by atomic mass is 10.1. The van der Waals surface area contributed by atoms with Gasteiger partial charge in [-0.05, 0) is 54.8 Å². The molecule has 0 radical (unpaired) electrons. The van der Waals surface area contributed by atoms with E-state index in [1.807, 2.05) is 13.0 Å². The van der Waals surface area contributed by atoms with E-state index in [4.69, 9.17) is 5.11 Å². The summed E-state index contributed by atoms with van der Waals surface area (Å²) in [5, 5.41) is 11.9. The van der Waals surface area contributed by atoms with Crippen molar-refractivity contribution in [3.05, 3.63) is 64.5 Å². The molecule has 0 aromatic heterocycles. The number of hydrogen-bond donors (Lipinski definition) is 2. The second kappa shape index (κ2) is 5.84. The zero-order chi connectivity index (χ0) is 14.7. The molecule has 2 aromatic rings. The van der Waals surface area contributed by atoms with Crippen LogP contribution in [-0.2, 0) is 6.61 Å². The van der Waals surface area contributed by atoms with Gasteiger partial charge >= 0.3 is 0 Å². The third-order valence-corrected chi connectivity index (χ3v) is 3.17. The monoisotopic (exact) mass is 273 g/mol. The van der Waals surface area contributed by atoms with Gasteiger partial charge in [0, 0.05) is 11.3 Å². The molecular weight excluding hydrogens is 257 g/mol. The standard InChI is InChI=1S/C16H16FNO2/c1-10-3-4-12(9-19)8-15(10)18-16(20)14-6-5-13(17)7-11(14)2/h3-8,19H,9H2,1-2H3,(H,18,20). The maximum absolute atomic E-state index is 13.0. The zero-order valence-electron chi connectivity index (χ0n) is 11.4. The highest BCUT2D eigenvalue weighted by Gasteiger charge is 2.11. The molecule has 4 heteroatoms. The Morgan fingerprint density at radius 2 is 1.90 bits per heavy atom. The molecule has 3 nitrogen and oxygen atoms in total. The fourth-order valence-electron chi connectivity index (χ4n) is 1.97. The second-order valence-electron chi connectivity index (χ2n) is 4.72. The normalized spacial score (nSPS) is 10.4. The van der Waals surface area contributed by atoms with Crippen LogP contribution in [0.1, 0.15) is 27.0 Å². The van der Waals surface area contributed by atoms with E-state index in [0.717, 1.165) is 11.1 Å². The van der Waals surface area contributed by atoms with Gasteiger partial charge in [0.25, 0.3) is 5.91 Å². The molecule has 1 amide bonds. The second-order valence-corrected chi connectivity index (χ2v) is 4.72. The molecule has 0 spiro atoms. The molecule has 0 saturated carbocycles. The molecular formula is C16H16FNO2. The van der Waals surface area contributed by atoms with Crippen LogP contribution in [0.25, 0.3) is 0 Å². The fourth-order valence-corrected chi connectivity index (χ4v) is 1.97. The number of aliphatic hydroxyl groups excluding tert-OH is 1. The highest BCUT2D eigenvalue weighted by molar-refractivity contribution is 6.05. The van der Waals surface area contributed by atoms with Crippen LogP contribution >= 0.6 is 0 Å². The van der Waals surface area contributed by atoms with Crippen molar-refractivity contribution in [2.24, 2.45) is 0 Å². The SMILES string of the molecule is Cc1ccc(CO)cc1NC(=O)c1ccc(F)cc1C. The Kier molecular flexibility index (Phi) is 4.15. The summed E-state index contributed by atoms with van der Waals surface area (Å²) in [6, 6.07) is 9.41. The summed E-state index contributed by atoms with van der Waals surface area (Å²) in [4.78, 5) is 12.2. The Morgan fingerprint density at radius 1 is 1.15 bits per heavy atom. The molecule has 20 heavy (non-hydrogen) atoms. The van der Waals surface area contributed by atoms with Gasteiger partial charge in [-0.15, -0.1) is 0 Å². The lowest BCUT2D eigenvalue weighted by Gasteiger charge is -2.11. The minimum absolute atomic E-state index is 0.0846. The summed E-state index contributed by atoms with van der Waals surface area (Å²) in [5.41, 5.74) is 3.28. The Hall–Kier alpha value is -2.20. The molecule has 2 N–H and O–H groups in total. The highest BCUT2D eigenvalue weighted by atomic mass is 19.1. The number of carbonyl (C=O) groups excluding carboxylic acids is 1. The molecule has 0 atom stereocenters. The van der Waals surface area contributed by atoms with Crippen molar-refractivity contribution in [2.45, 2.75) is 20.5 Å². The minimum atomic E-state index is -0.363. The first-order valence-electron chi connectivity index (χ1n) is 6.29. The lowest BCUT2D eigenvalue weighted by molar-refractivity contribution is 0.102. The molecule has 0 heterocycles. The number of carbonyl (C=O) groups is 1. The van der Waals surface area contributed by atoms with Crippen LogP contribution in [0.4, 0.5) is 10.1 Å². The average Bonchev–Trinajstić information content (AvgIpc) is 2.41. The van der Waals surface area contributed by atoms with Gasteiger partial charge in [-0.2, -0.15) is 0 Å². The van der Waals surface area contributed by atoms with E-state index >= 15 is 0 Å². The van der Waals surface area contributed by atoms with E-state index in [9.17, 15) is 9.18 Å². The summed E-state index contributed by atoms with van der Waals surface area (Å²) < 4.78 is 13.0. The van der Waals surface area contributed by atoms with E-state index in [2.05, 4.69) is 5.32 Å². The molecule has 2 aromatic carbocycles. The summed E-state index contributed by atoms with van der Waals surface area (Å²) >= 11 is 0. The Morgan fingerprint density at radius 3 is 2.55 bits per heavy atom. The van der Waals surface area contributed by atoms with E-state index in [1.165, 1.54) is 18.2 Å². The van der Waals surface area contributed by atoms with Crippen LogP contribution in [0.15, 0.2) is 36.4 Å². The molecule has 2 rings (SSSR count). The fraction of sp³-hybridized carbons (Fsp3) is 0.188. The van der Waals surface area contributed by atoms with Crippen LogP contribution in [-0.4, -0.2) is 11.0 Å². The van der Waals surface area contributed by atoms with Gasteiger partial charge in [0.05, 0.1) is 6.61 Å². The average molecular weight is 273 g/mol. The first kappa shape index (κ1) is 14.2. The van der Waals surface area contributed by atoms with Gasteiger partial charge in [0.2, 0.25) is 0 Å². The van der Waals surface area contributed by atoms with E-state index in [0.29, 0.717) is 16.8 Å². The molecule has 0 aliphatic carbocycles. The molecule has 0 aliphatic rings. The maximum atomic E-state index is 13.0. The summed E-state index contributed by atoms with van der Waals surface area (Å²) in [7, 11) is 0. The maximum Gasteiger partial charge on any atom is 0.255 e. The van der Waals surface area contributed by atoms with Crippen LogP contribution in [0, 0.1) is 19.7 Å². The lowest BCUT2D eigenvalue weighted by Crippen LogP contribution is -2.14. The summed E-state index contributed by atoms with van der Waals surface area (Å²) in [6.07, 6.45) is 0. The third kappa shape index (κ3) is 3.03. The number of amides is 1. The Balaban J connectivity index is 2.27. The summed E-state index contributed by atoms with van der Waals surface area (Å²) in [6.45, 7) is 3.47. The van der Waals surface area contributed by atoms with Crippen LogP contribution < -0.4 is 5.32 Å². The van der Waals surface area contributed by atoms with Gasteiger partial charge in [-0.25, -0.2) is 4.39 Å². The van der Waals surface area contributed by atoms with E-state index in [1.54, 1.807) is 19.1 Å². The quantitative estimate of drug-likeness (QED) is 0.902. The summed E-state index contributed by atoms with van der Waals surface area (Å²) in [5.74, 6) is -0.654. The first-order valence-corrected chi connectivity index (χ1v) is 6.29. The molecule has 0 aliphatic heterocycles. The van der Waals surface area contributed by atoms with Crippen molar-refractivity contribution in [1.82, 2.24) is 0 Å². The van der Waals surface area contributed by atoms with Gasteiger partial charge in [0.1, 0.15) is 5.82 Å². The Labute approximate surface area is 117 Å². The van der Waals surface area contributed by atoms with Crippen LogP contribution in [0.3, 0.4) is 0 Å². The number of benzene rings is 2. The number of rotatable bonds is 3.